The average Bonchev–Trinajstić information content (AvgIpc) is 2.67. The van der Waals surface area contributed by atoms with Crippen molar-refractivity contribution in [1.82, 2.24) is 10.6 Å². The normalized spacial score (nSPS) is 20.7. The maximum Gasteiger partial charge on any atom is 0.314 e. The molecule has 0 spiro atoms. The molecule has 5 nitrogen and oxygen atoms in total. The summed E-state index contributed by atoms with van der Waals surface area (Å²) in [6, 6.07) is 8.53. The fourth-order valence-electron chi connectivity index (χ4n) is 3.71. The molecule has 0 saturated carbocycles. The first kappa shape index (κ1) is 18.2. The van der Waals surface area contributed by atoms with Crippen LogP contribution in [-0.4, -0.2) is 45.0 Å². The number of urea groups is 1. The molecule has 25 heavy (non-hydrogen) atoms. The maximum absolute atomic E-state index is 12.0. The number of ether oxygens (including phenoxy) is 2. The van der Waals surface area contributed by atoms with Crippen LogP contribution in [0.15, 0.2) is 24.3 Å². The van der Waals surface area contributed by atoms with Gasteiger partial charge in [-0.05, 0) is 49.7 Å². The predicted octanol–water partition coefficient (Wildman–Crippen LogP) is 2.99. The molecular formula is C20H30N2O3. The molecule has 0 radical (unpaired) electrons. The van der Waals surface area contributed by atoms with Gasteiger partial charge in [-0.1, -0.05) is 24.3 Å². The lowest BCUT2D eigenvalue weighted by molar-refractivity contribution is -0.0320. The number of fused-ring (bicyclic) bond motifs is 1. The van der Waals surface area contributed by atoms with Crippen molar-refractivity contribution in [3.63, 3.8) is 0 Å². The van der Waals surface area contributed by atoms with Gasteiger partial charge in [-0.2, -0.15) is 0 Å². The Morgan fingerprint density at radius 2 is 2.00 bits per heavy atom. The van der Waals surface area contributed by atoms with Crippen LogP contribution in [0.1, 0.15) is 49.1 Å². The summed E-state index contributed by atoms with van der Waals surface area (Å²) in [7, 11) is 0. The standard InChI is InChI=1S/C20H30N2O3/c23-20(21-11-4-12-25-18-9-13-24-14-10-18)22-15-17-7-3-6-16-5-1-2-8-19(16)17/h1-2,5,8,17-18H,3-4,6-7,9-15H2,(H2,21,22,23)/t17-/m0/s1. The van der Waals surface area contributed by atoms with Crippen LogP contribution in [0.3, 0.4) is 0 Å². The molecule has 2 amide bonds. The minimum Gasteiger partial charge on any atom is -0.381 e. The van der Waals surface area contributed by atoms with Gasteiger partial charge < -0.3 is 20.1 Å². The van der Waals surface area contributed by atoms with E-state index in [0.717, 1.165) is 45.3 Å². The van der Waals surface area contributed by atoms with E-state index in [1.807, 2.05) is 0 Å². The van der Waals surface area contributed by atoms with E-state index < -0.39 is 0 Å². The van der Waals surface area contributed by atoms with E-state index in [2.05, 4.69) is 34.9 Å². The van der Waals surface area contributed by atoms with Gasteiger partial charge in [-0.25, -0.2) is 4.79 Å². The lowest BCUT2D eigenvalue weighted by Gasteiger charge is -2.25. The molecule has 5 heteroatoms. The monoisotopic (exact) mass is 346 g/mol. The SMILES string of the molecule is O=C(NCCCOC1CCOCC1)NC[C@@H]1CCCc2ccccc21. The molecule has 0 aromatic heterocycles. The van der Waals surface area contributed by atoms with Gasteiger partial charge in [-0.3, -0.25) is 0 Å². The molecule has 1 aliphatic heterocycles. The highest BCUT2D eigenvalue weighted by Crippen LogP contribution is 2.30. The number of rotatable bonds is 7. The van der Waals surface area contributed by atoms with Gasteiger partial charge in [0.25, 0.3) is 0 Å². The van der Waals surface area contributed by atoms with Crippen molar-refractivity contribution in [1.29, 1.82) is 0 Å². The second-order valence-electron chi connectivity index (χ2n) is 6.96. The van der Waals surface area contributed by atoms with Gasteiger partial charge in [0.05, 0.1) is 6.10 Å². The number of hydrogen-bond acceptors (Lipinski definition) is 3. The van der Waals surface area contributed by atoms with Crippen molar-refractivity contribution in [2.45, 2.75) is 50.5 Å². The Kier molecular flexibility index (Phi) is 7.12. The fourth-order valence-corrected chi connectivity index (χ4v) is 3.71. The lowest BCUT2D eigenvalue weighted by Crippen LogP contribution is -2.39. The third-order valence-corrected chi connectivity index (χ3v) is 5.13. The molecule has 1 aromatic carbocycles. The third-order valence-electron chi connectivity index (χ3n) is 5.13. The first-order valence-corrected chi connectivity index (χ1v) is 9.62. The smallest absolute Gasteiger partial charge is 0.314 e. The Morgan fingerprint density at radius 1 is 1.16 bits per heavy atom. The van der Waals surface area contributed by atoms with E-state index in [1.165, 1.54) is 17.5 Å². The molecule has 1 fully saturated rings. The number of benzene rings is 1. The second kappa shape index (κ2) is 9.78. The zero-order valence-corrected chi connectivity index (χ0v) is 15.0. The summed E-state index contributed by atoms with van der Waals surface area (Å²) in [5, 5.41) is 5.96. The molecule has 138 valence electrons. The zero-order chi connectivity index (χ0) is 17.3. The van der Waals surface area contributed by atoms with Crippen LogP contribution in [0.4, 0.5) is 4.79 Å². The summed E-state index contributed by atoms with van der Waals surface area (Å²) in [4.78, 5) is 12.0. The minimum absolute atomic E-state index is 0.0749. The van der Waals surface area contributed by atoms with Gasteiger partial charge in [0.1, 0.15) is 0 Å². The van der Waals surface area contributed by atoms with Gasteiger partial charge >= 0.3 is 6.03 Å². The second-order valence-corrected chi connectivity index (χ2v) is 6.96. The van der Waals surface area contributed by atoms with Crippen LogP contribution in [0.5, 0.6) is 0 Å². The molecule has 0 bridgehead atoms. The van der Waals surface area contributed by atoms with Crippen molar-refractivity contribution in [3.8, 4) is 0 Å². The lowest BCUT2D eigenvalue weighted by atomic mass is 9.83. The summed E-state index contributed by atoms with van der Waals surface area (Å²) in [5.41, 5.74) is 2.84. The van der Waals surface area contributed by atoms with Gasteiger partial charge in [0, 0.05) is 38.8 Å². The molecule has 3 rings (SSSR count). The molecule has 1 heterocycles. The molecule has 1 saturated heterocycles. The van der Waals surface area contributed by atoms with E-state index in [1.54, 1.807) is 0 Å². The van der Waals surface area contributed by atoms with Crippen molar-refractivity contribution in [2.24, 2.45) is 0 Å². The zero-order valence-electron chi connectivity index (χ0n) is 15.0. The Morgan fingerprint density at radius 3 is 2.88 bits per heavy atom. The highest BCUT2D eigenvalue weighted by Gasteiger charge is 2.20. The first-order valence-electron chi connectivity index (χ1n) is 9.62. The molecular weight excluding hydrogens is 316 g/mol. The van der Waals surface area contributed by atoms with Crippen molar-refractivity contribution in [3.05, 3.63) is 35.4 Å². The van der Waals surface area contributed by atoms with Gasteiger partial charge in [0.15, 0.2) is 0 Å². The highest BCUT2D eigenvalue weighted by atomic mass is 16.5. The average molecular weight is 346 g/mol. The van der Waals surface area contributed by atoms with E-state index in [-0.39, 0.29) is 6.03 Å². The van der Waals surface area contributed by atoms with E-state index in [0.29, 0.717) is 31.7 Å². The fraction of sp³-hybridized carbons (Fsp3) is 0.650. The molecule has 1 aromatic rings. The van der Waals surface area contributed by atoms with Crippen molar-refractivity contribution >= 4 is 6.03 Å². The molecule has 1 aliphatic carbocycles. The number of carbonyl (C=O) groups is 1. The number of carbonyl (C=O) groups excluding carboxylic acids is 1. The Bertz CT molecular complexity index is 543. The van der Waals surface area contributed by atoms with Gasteiger partial charge in [0.2, 0.25) is 0 Å². The largest absolute Gasteiger partial charge is 0.381 e. The summed E-state index contributed by atoms with van der Waals surface area (Å²) >= 11 is 0. The summed E-state index contributed by atoms with van der Waals surface area (Å²) in [5.74, 6) is 0.438. The predicted molar refractivity (Wildman–Crippen MR) is 97.9 cm³/mol. The summed E-state index contributed by atoms with van der Waals surface area (Å²) in [6.45, 7) is 3.66. The van der Waals surface area contributed by atoms with Crippen LogP contribution < -0.4 is 10.6 Å². The van der Waals surface area contributed by atoms with Crippen LogP contribution in [0.2, 0.25) is 0 Å². The Balaban J connectivity index is 1.28. The van der Waals surface area contributed by atoms with Crippen LogP contribution in [0, 0.1) is 0 Å². The van der Waals surface area contributed by atoms with Crippen molar-refractivity contribution in [2.75, 3.05) is 32.9 Å². The topological polar surface area (TPSA) is 59.6 Å². The van der Waals surface area contributed by atoms with Crippen molar-refractivity contribution < 1.29 is 14.3 Å². The first-order chi connectivity index (χ1) is 12.3. The number of amides is 2. The highest BCUT2D eigenvalue weighted by molar-refractivity contribution is 5.73. The Labute approximate surface area is 150 Å². The summed E-state index contributed by atoms with van der Waals surface area (Å²) in [6.07, 6.45) is 6.65. The van der Waals surface area contributed by atoms with Crippen LogP contribution in [0.25, 0.3) is 0 Å². The molecule has 0 unspecified atom stereocenters. The quantitative estimate of drug-likeness (QED) is 0.746. The van der Waals surface area contributed by atoms with E-state index >= 15 is 0 Å². The minimum atomic E-state index is -0.0749. The summed E-state index contributed by atoms with van der Waals surface area (Å²) < 4.78 is 11.1. The van der Waals surface area contributed by atoms with Crippen LogP contribution in [-0.2, 0) is 15.9 Å². The number of nitrogens with one attached hydrogen (secondary N) is 2. The number of aryl methyl sites for hydroxylation is 1. The van der Waals surface area contributed by atoms with Crippen LogP contribution >= 0.6 is 0 Å². The van der Waals surface area contributed by atoms with E-state index in [9.17, 15) is 4.79 Å². The molecule has 1 atom stereocenters. The Hall–Kier alpha value is -1.59. The van der Waals surface area contributed by atoms with E-state index in [4.69, 9.17) is 9.47 Å². The maximum atomic E-state index is 12.0. The third kappa shape index (κ3) is 5.72. The number of hydrogen-bond donors (Lipinski definition) is 2. The molecule has 2 N–H and O–H groups in total. The van der Waals surface area contributed by atoms with Gasteiger partial charge in [-0.15, -0.1) is 0 Å². The molecule has 2 aliphatic rings.